The van der Waals surface area contributed by atoms with Gasteiger partial charge in [-0.2, -0.15) is 0 Å². The van der Waals surface area contributed by atoms with E-state index in [1.54, 1.807) is 0 Å². The summed E-state index contributed by atoms with van der Waals surface area (Å²) in [6.45, 7) is 7.15. The highest BCUT2D eigenvalue weighted by Crippen LogP contribution is 2.18. The third-order valence-electron chi connectivity index (χ3n) is 3.46. The molecule has 4 heteroatoms. The number of aryl methyl sites for hydroxylation is 2. The molecular formula is C20H25NO3. The van der Waals surface area contributed by atoms with Gasteiger partial charge in [0.2, 0.25) is 5.91 Å². The quantitative estimate of drug-likeness (QED) is 0.726. The zero-order valence-electron chi connectivity index (χ0n) is 14.6. The van der Waals surface area contributed by atoms with Crippen molar-refractivity contribution >= 4 is 11.6 Å². The predicted molar refractivity (Wildman–Crippen MR) is 96.9 cm³/mol. The van der Waals surface area contributed by atoms with Crippen molar-refractivity contribution in [1.29, 1.82) is 0 Å². The van der Waals surface area contributed by atoms with Gasteiger partial charge in [-0.15, -0.1) is 0 Å². The molecule has 0 aliphatic heterocycles. The van der Waals surface area contributed by atoms with Crippen LogP contribution in [-0.4, -0.2) is 19.1 Å². The maximum absolute atomic E-state index is 12.0. The smallest absolute Gasteiger partial charge is 0.224 e. The van der Waals surface area contributed by atoms with Crippen molar-refractivity contribution in [3.63, 3.8) is 0 Å². The molecule has 0 aliphatic rings. The van der Waals surface area contributed by atoms with E-state index in [0.717, 1.165) is 28.3 Å². The van der Waals surface area contributed by atoms with E-state index in [2.05, 4.69) is 11.4 Å². The predicted octanol–water partition coefficient (Wildman–Crippen LogP) is 4.50. The van der Waals surface area contributed by atoms with Crippen LogP contribution in [0.5, 0.6) is 11.5 Å². The highest BCUT2D eigenvalue weighted by Gasteiger charge is 2.04. The zero-order chi connectivity index (χ0) is 17.4. The van der Waals surface area contributed by atoms with Crippen molar-refractivity contribution in [2.75, 3.05) is 18.5 Å². The number of ether oxygens (including phenoxy) is 2. The van der Waals surface area contributed by atoms with Gasteiger partial charge in [-0.05, 0) is 74.7 Å². The normalized spacial score (nSPS) is 10.3. The van der Waals surface area contributed by atoms with Gasteiger partial charge in [0.25, 0.3) is 0 Å². The van der Waals surface area contributed by atoms with E-state index in [9.17, 15) is 4.79 Å². The summed E-state index contributed by atoms with van der Waals surface area (Å²) in [5, 5.41) is 2.93. The molecule has 0 heterocycles. The second-order valence-corrected chi connectivity index (χ2v) is 5.78. The molecular weight excluding hydrogens is 302 g/mol. The molecule has 1 amide bonds. The molecule has 0 bridgehead atoms. The first-order valence-corrected chi connectivity index (χ1v) is 8.30. The fourth-order valence-corrected chi connectivity index (χ4v) is 2.49. The monoisotopic (exact) mass is 327 g/mol. The summed E-state index contributed by atoms with van der Waals surface area (Å²) in [5.41, 5.74) is 3.14. The van der Waals surface area contributed by atoms with Crippen LogP contribution in [0.15, 0.2) is 42.5 Å². The van der Waals surface area contributed by atoms with Gasteiger partial charge in [-0.25, -0.2) is 0 Å². The SMILES string of the molecule is CCOc1ccc(OCCCC(=O)Nc2cc(C)cc(C)c2)cc1. The summed E-state index contributed by atoms with van der Waals surface area (Å²) < 4.78 is 11.0. The summed E-state index contributed by atoms with van der Waals surface area (Å²) in [6, 6.07) is 13.5. The van der Waals surface area contributed by atoms with Gasteiger partial charge in [0.05, 0.1) is 13.2 Å². The van der Waals surface area contributed by atoms with Gasteiger partial charge in [0.15, 0.2) is 0 Å². The largest absolute Gasteiger partial charge is 0.494 e. The van der Waals surface area contributed by atoms with Crippen LogP contribution < -0.4 is 14.8 Å². The van der Waals surface area contributed by atoms with E-state index in [4.69, 9.17) is 9.47 Å². The van der Waals surface area contributed by atoms with Gasteiger partial charge < -0.3 is 14.8 Å². The lowest BCUT2D eigenvalue weighted by molar-refractivity contribution is -0.116. The summed E-state index contributed by atoms with van der Waals surface area (Å²) in [6.07, 6.45) is 1.11. The van der Waals surface area contributed by atoms with E-state index in [1.807, 2.05) is 57.2 Å². The highest BCUT2D eigenvalue weighted by molar-refractivity contribution is 5.90. The molecule has 1 N–H and O–H groups in total. The molecule has 0 aliphatic carbocycles. The zero-order valence-corrected chi connectivity index (χ0v) is 14.6. The van der Waals surface area contributed by atoms with E-state index in [-0.39, 0.29) is 5.91 Å². The number of benzene rings is 2. The standard InChI is InChI=1S/C20H25NO3/c1-4-23-18-7-9-19(10-8-18)24-11-5-6-20(22)21-17-13-15(2)12-16(3)14-17/h7-10,12-14H,4-6,11H2,1-3H3,(H,21,22). The number of hydrogen-bond acceptors (Lipinski definition) is 3. The summed E-state index contributed by atoms with van der Waals surface area (Å²) in [4.78, 5) is 12.0. The Balaban J connectivity index is 1.70. The van der Waals surface area contributed by atoms with E-state index >= 15 is 0 Å². The molecule has 24 heavy (non-hydrogen) atoms. The molecule has 2 rings (SSSR count). The second-order valence-electron chi connectivity index (χ2n) is 5.78. The molecule has 4 nitrogen and oxygen atoms in total. The van der Waals surface area contributed by atoms with Crippen molar-refractivity contribution in [1.82, 2.24) is 0 Å². The molecule has 2 aromatic rings. The molecule has 0 saturated carbocycles. The van der Waals surface area contributed by atoms with Crippen molar-refractivity contribution in [2.45, 2.75) is 33.6 Å². The Morgan fingerprint density at radius 3 is 2.12 bits per heavy atom. The molecule has 0 saturated heterocycles. The topological polar surface area (TPSA) is 47.6 Å². The minimum absolute atomic E-state index is 0.00953. The summed E-state index contributed by atoms with van der Waals surface area (Å²) in [7, 11) is 0. The van der Waals surface area contributed by atoms with E-state index < -0.39 is 0 Å². The van der Waals surface area contributed by atoms with Crippen LogP contribution in [-0.2, 0) is 4.79 Å². The van der Waals surface area contributed by atoms with E-state index in [0.29, 0.717) is 26.1 Å². The minimum atomic E-state index is 0.00953. The highest BCUT2D eigenvalue weighted by atomic mass is 16.5. The third kappa shape index (κ3) is 5.95. The maximum atomic E-state index is 12.0. The first-order chi connectivity index (χ1) is 11.6. The Labute approximate surface area is 143 Å². The lowest BCUT2D eigenvalue weighted by atomic mass is 10.1. The number of amides is 1. The average Bonchev–Trinajstić information content (AvgIpc) is 2.52. The lowest BCUT2D eigenvalue weighted by Gasteiger charge is -2.09. The van der Waals surface area contributed by atoms with Crippen molar-refractivity contribution in [3.05, 3.63) is 53.6 Å². The first-order valence-electron chi connectivity index (χ1n) is 8.30. The van der Waals surface area contributed by atoms with Crippen molar-refractivity contribution in [2.24, 2.45) is 0 Å². The van der Waals surface area contributed by atoms with Crippen LogP contribution in [0.1, 0.15) is 30.9 Å². The fourth-order valence-electron chi connectivity index (χ4n) is 2.49. The van der Waals surface area contributed by atoms with Crippen LogP contribution in [0.25, 0.3) is 0 Å². The Bertz CT molecular complexity index is 645. The number of carbonyl (C=O) groups excluding carboxylic acids is 1. The van der Waals surface area contributed by atoms with Gasteiger partial charge >= 0.3 is 0 Å². The van der Waals surface area contributed by atoms with Crippen molar-refractivity contribution < 1.29 is 14.3 Å². The molecule has 0 spiro atoms. The molecule has 2 aromatic carbocycles. The number of rotatable bonds is 8. The fraction of sp³-hybridized carbons (Fsp3) is 0.350. The number of hydrogen-bond donors (Lipinski definition) is 1. The van der Waals surface area contributed by atoms with E-state index in [1.165, 1.54) is 0 Å². The first kappa shape index (κ1) is 17.9. The number of nitrogens with one attached hydrogen (secondary N) is 1. The Morgan fingerprint density at radius 2 is 1.54 bits per heavy atom. The van der Waals surface area contributed by atoms with Crippen LogP contribution in [0.4, 0.5) is 5.69 Å². The number of anilines is 1. The molecule has 0 unspecified atom stereocenters. The summed E-state index contributed by atoms with van der Waals surface area (Å²) in [5.74, 6) is 1.63. The van der Waals surface area contributed by atoms with Crippen molar-refractivity contribution in [3.8, 4) is 11.5 Å². The summed E-state index contributed by atoms with van der Waals surface area (Å²) >= 11 is 0. The minimum Gasteiger partial charge on any atom is -0.494 e. The van der Waals surface area contributed by atoms with Crippen LogP contribution in [0, 0.1) is 13.8 Å². The van der Waals surface area contributed by atoms with Gasteiger partial charge in [0, 0.05) is 12.1 Å². The van der Waals surface area contributed by atoms with Gasteiger partial charge in [-0.3, -0.25) is 4.79 Å². The third-order valence-corrected chi connectivity index (χ3v) is 3.46. The van der Waals surface area contributed by atoms with Crippen LogP contribution in [0.3, 0.4) is 0 Å². The second kappa shape index (κ2) is 8.96. The molecule has 0 aromatic heterocycles. The van der Waals surface area contributed by atoms with Crippen LogP contribution >= 0.6 is 0 Å². The average molecular weight is 327 g/mol. The maximum Gasteiger partial charge on any atom is 0.224 e. The Kier molecular flexibility index (Phi) is 6.67. The molecule has 128 valence electrons. The van der Waals surface area contributed by atoms with Gasteiger partial charge in [-0.1, -0.05) is 6.07 Å². The van der Waals surface area contributed by atoms with Gasteiger partial charge in [0.1, 0.15) is 11.5 Å². The molecule has 0 atom stereocenters. The Hall–Kier alpha value is -2.49. The lowest BCUT2D eigenvalue weighted by Crippen LogP contribution is -2.13. The molecule has 0 radical (unpaired) electrons. The van der Waals surface area contributed by atoms with Crippen LogP contribution in [0.2, 0.25) is 0 Å². The number of carbonyl (C=O) groups is 1. The molecule has 0 fully saturated rings. The Morgan fingerprint density at radius 1 is 0.958 bits per heavy atom.